The summed E-state index contributed by atoms with van der Waals surface area (Å²) >= 11 is 0. The highest BCUT2D eigenvalue weighted by Crippen LogP contribution is 2.30. The number of benzene rings is 2. The molecule has 5 rings (SSSR count). The number of hydrogen-bond donors (Lipinski definition) is 2. The summed E-state index contributed by atoms with van der Waals surface area (Å²) in [6.07, 6.45) is 0.458. The van der Waals surface area contributed by atoms with Gasteiger partial charge in [0.1, 0.15) is 0 Å². The second-order valence-electron chi connectivity index (χ2n) is 8.57. The average molecular weight is 446 g/mol. The molecule has 1 fully saturated rings. The number of rotatable bonds is 4. The number of hydrogen-bond acceptors (Lipinski definition) is 3. The van der Waals surface area contributed by atoms with E-state index in [-0.39, 0.29) is 11.9 Å². The van der Waals surface area contributed by atoms with Gasteiger partial charge in [-0.15, -0.1) is 0 Å². The van der Waals surface area contributed by atoms with E-state index in [0.717, 1.165) is 41.9 Å². The van der Waals surface area contributed by atoms with Crippen LogP contribution in [0.15, 0.2) is 48.5 Å². The minimum Gasteiger partial charge on any atom is -0.465 e. The topological polar surface area (TPSA) is 92.4 Å². The Hall–Kier alpha value is -3.81. The lowest BCUT2D eigenvalue weighted by Crippen LogP contribution is -2.49. The lowest BCUT2D eigenvalue weighted by molar-refractivity contribution is 0.0692. The van der Waals surface area contributed by atoms with Crippen molar-refractivity contribution < 1.29 is 14.7 Å². The van der Waals surface area contributed by atoms with E-state index in [1.165, 1.54) is 10.9 Å². The van der Waals surface area contributed by atoms with Crippen molar-refractivity contribution in [1.29, 1.82) is 0 Å². The molecule has 2 amide bonds. The standard InChI is InChI=1S/C25H27N5O3/c1-3-30-20-9-5-4-7-16(20)14-22(30)23-27-19-13-17(10-11-21(19)28(23)2)24(31)29-12-6-8-18(15-29)26-25(32)33/h4-5,7,9-11,13-14,18,26H,3,6,8,12,15H2,1-2H3,(H,32,33)/t18-/m1/s1. The predicted molar refractivity (Wildman–Crippen MR) is 127 cm³/mol. The number of carbonyl (C=O) groups excluding carboxylic acids is 1. The molecule has 2 N–H and O–H groups in total. The third-order valence-electron chi connectivity index (χ3n) is 6.52. The average Bonchev–Trinajstić information content (AvgIpc) is 3.35. The molecule has 2 aromatic heterocycles. The number of carboxylic acid groups (broad SMARTS) is 1. The Kier molecular flexibility index (Phi) is 5.28. The summed E-state index contributed by atoms with van der Waals surface area (Å²) in [5, 5.41) is 12.7. The zero-order valence-electron chi connectivity index (χ0n) is 18.8. The van der Waals surface area contributed by atoms with Crippen LogP contribution in [0.1, 0.15) is 30.1 Å². The van der Waals surface area contributed by atoms with Crippen LogP contribution in [0.25, 0.3) is 33.5 Å². The highest BCUT2D eigenvalue weighted by molar-refractivity contribution is 5.98. The maximum Gasteiger partial charge on any atom is 0.404 e. The molecule has 170 valence electrons. The molecule has 0 radical (unpaired) electrons. The Labute approximate surface area is 191 Å². The van der Waals surface area contributed by atoms with E-state index in [4.69, 9.17) is 10.1 Å². The van der Waals surface area contributed by atoms with Gasteiger partial charge in [-0.25, -0.2) is 9.78 Å². The fraction of sp³-hybridized carbons (Fsp3) is 0.320. The highest BCUT2D eigenvalue weighted by Gasteiger charge is 2.26. The van der Waals surface area contributed by atoms with Crippen molar-refractivity contribution in [3.63, 3.8) is 0 Å². The molecule has 8 nitrogen and oxygen atoms in total. The molecule has 0 unspecified atom stereocenters. The SMILES string of the molecule is CCn1c(-c2nc3cc(C(=O)N4CCC[C@@H](NC(=O)O)C4)ccc3n2C)cc2ccccc21. The van der Waals surface area contributed by atoms with Crippen LogP contribution in [0.4, 0.5) is 4.79 Å². The lowest BCUT2D eigenvalue weighted by Gasteiger charge is -2.32. The number of aryl methyl sites for hydroxylation is 2. The van der Waals surface area contributed by atoms with Crippen molar-refractivity contribution in [2.45, 2.75) is 32.4 Å². The van der Waals surface area contributed by atoms with Crippen LogP contribution >= 0.6 is 0 Å². The molecule has 8 heteroatoms. The van der Waals surface area contributed by atoms with E-state index in [0.29, 0.717) is 18.7 Å². The first kappa shape index (κ1) is 21.1. The number of likely N-dealkylation sites (tertiary alicyclic amines) is 1. The van der Waals surface area contributed by atoms with Crippen LogP contribution in [0, 0.1) is 0 Å². The molecule has 0 spiro atoms. The number of aromatic nitrogens is 3. The van der Waals surface area contributed by atoms with Crippen LogP contribution < -0.4 is 5.32 Å². The molecular formula is C25H27N5O3. The summed E-state index contributed by atoms with van der Waals surface area (Å²) in [6.45, 7) is 3.96. The largest absolute Gasteiger partial charge is 0.465 e. The zero-order valence-corrected chi connectivity index (χ0v) is 18.8. The maximum atomic E-state index is 13.2. The number of nitrogens with zero attached hydrogens (tertiary/aromatic N) is 4. The highest BCUT2D eigenvalue weighted by atomic mass is 16.4. The quantitative estimate of drug-likeness (QED) is 0.495. The van der Waals surface area contributed by atoms with Crippen molar-refractivity contribution in [3.8, 4) is 11.5 Å². The van der Waals surface area contributed by atoms with Gasteiger partial charge in [-0.3, -0.25) is 4.79 Å². The molecule has 1 atom stereocenters. The van der Waals surface area contributed by atoms with Crippen molar-refractivity contribution >= 4 is 33.9 Å². The fourth-order valence-electron chi connectivity index (χ4n) is 4.93. The minimum absolute atomic E-state index is 0.0938. The van der Waals surface area contributed by atoms with Crippen LogP contribution in [0.2, 0.25) is 0 Å². The molecule has 1 saturated heterocycles. The zero-order chi connectivity index (χ0) is 23.1. The molecule has 33 heavy (non-hydrogen) atoms. The number of fused-ring (bicyclic) bond motifs is 2. The van der Waals surface area contributed by atoms with E-state index in [2.05, 4.69) is 39.6 Å². The third-order valence-corrected chi connectivity index (χ3v) is 6.52. The van der Waals surface area contributed by atoms with Crippen LogP contribution in [0.3, 0.4) is 0 Å². The summed E-state index contributed by atoms with van der Waals surface area (Å²) in [6, 6.07) is 15.8. The maximum absolute atomic E-state index is 13.2. The first-order valence-electron chi connectivity index (χ1n) is 11.3. The lowest BCUT2D eigenvalue weighted by atomic mass is 10.0. The molecule has 3 heterocycles. The van der Waals surface area contributed by atoms with Crippen LogP contribution in [0.5, 0.6) is 0 Å². The van der Waals surface area contributed by atoms with Gasteiger partial charge in [0.05, 0.1) is 16.7 Å². The predicted octanol–water partition coefficient (Wildman–Crippen LogP) is 4.09. The summed E-state index contributed by atoms with van der Waals surface area (Å²) in [5.74, 6) is 0.764. The number of para-hydroxylation sites is 1. The summed E-state index contributed by atoms with van der Waals surface area (Å²) in [7, 11) is 2.00. The Morgan fingerprint density at radius 1 is 1.15 bits per heavy atom. The van der Waals surface area contributed by atoms with Crippen LogP contribution in [-0.4, -0.2) is 55.3 Å². The molecule has 1 aliphatic rings. The number of imidazole rings is 1. The number of nitrogens with one attached hydrogen (secondary N) is 1. The van der Waals surface area contributed by atoms with Gasteiger partial charge >= 0.3 is 6.09 Å². The molecule has 4 aromatic rings. The molecule has 0 saturated carbocycles. The Balaban J connectivity index is 1.49. The van der Waals surface area contributed by atoms with Crippen molar-refractivity contribution in [3.05, 3.63) is 54.1 Å². The van der Waals surface area contributed by atoms with Gasteiger partial charge in [-0.1, -0.05) is 18.2 Å². The molecular weight excluding hydrogens is 418 g/mol. The van der Waals surface area contributed by atoms with Gasteiger partial charge in [0, 0.05) is 49.2 Å². The molecule has 0 bridgehead atoms. The third kappa shape index (κ3) is 3.71. The first-order chi connectivity index (χ1) is 16.0. The van der Waals surface area contributed by atoms with Crippen molar-refractivity contribution in [2.24, 2.45) is 7.05 Å². The Morgan fingerprint density at radius 3 is 2.76 bits per heavy atom. The Morgan fingerprint density at radius 2 is 1.97 bits per heavy atom. The van der Waals surface area contributed by atoms with Gasteiger partial charge in [0.25, 0.3) is 5.91 Å². The summed E-state index contributed by atoms with van der Waals surface area (Å²) in [4.78, 5) is 30.8. The summed E-state index contributed by atoms with van der Waals surface area (Å²) < 4.78 is 4.32. The van der Waals surface area contributed by atoms with Gasteiger partial charge in [0.2, 0.25) is 0 Å². The number of amides is 2. The minimum atomic E-state index is -1.05. The van der Waals surface area contributed by atoms with Gasteiger partial charge < -0.3 is 24.5 Å². The fourth-order valence-corrected chi connectivity index (χ4v) is 4.93. The van der Waals surface area contributed by atoms with E-state index >= 15 is 0 Å². The number of carbonyl (C=O) groups is 2. The van der Waals surface area contributed by atoms with Gasteiger partial charge in [-0.2, -0.15) is 0 Å². The normalized spacial score (nSPS) is 16.4. The molecule has 1 aliphatic heterocycles. The molecule has 2 aromatic carbocycles. The van der Waals surface area contributed by atoms with Crippen LogP contribution in [-0.2, 0) is 13.6 Å². The number of piperidine rings is 1. The van der Waals surface area contributed by atoms with E-state index < -0.39 is 6.09 Å². The van der Waals surface area contributed by atoms with Crippen molar-refractivity contribution in [1.82, 2.24) is 24.3 Å². The smallest absolute Gasteiger partial charge is 0.404 e. The monoisotopic (exact) mass is 445 g/mol. The van der Waals surface area contributed by atoms with Crippen molar-refractivity contribution in [2.75, 3.05) is 13.1 Å². The van der Waals surface area contributed by atoms with Gasteiger partial charge in [0.15, 0.2) is 5.82 Å². The first-order valence-corrected chi connectivity index (χ1v) is 11.3. The summed E-state index contributed by atoms with van der Waals surface area (Å²) in [5.41, 5.74) is 4.51. The molecule has 0 aliphatic carbocycles. The van der Waals surface area contributed by atoms with E-state index in [9.17, 15) is 9.59 Å². The second kappa shape index (κ2) is 8.27. The second-order valence-corrected chi connectivity index (χ2v) is 8.57. The van der Waals surface area contributed by atoms with E-state index in [1.807, 2.05) is 37.4 Å². The van der Waals surface area contributed by atoms with E-state index in [1.54, 1.807) is 4.90 Å². The Bertz CT molecular complexity index is 1370. The van der Waals surface area contributed by atoms with Gasteiger partial charge in [-0.05, 0) is 50.1 Å².